The number of oxazole rings is 1. The summed E-state index contributed by atoms with van der Waals surface area (Å²) >= 11 is 0. The summed E-state index contributed by atoms with van der Waals surface area (Å²) < 4.78 is 5.63. The Morgan fingerprint density at radius 1 is 1.30 bits per heavy atom. The van der Waals surface area contributed by atoms with E-state index in [1.807, 2.05) is 31.3 Å². The van der Waals surface area contributed by atoms with Crippen LogP contribution in [0.15, 0.2) is 34.9 Å². The zero-order chi connectivity index (χ0) is 15.8. The van der Waals surface area contributed by atoms with Gasteiger partial charge in [0.2, 0.25) is 0 Å². The Bertz CT molecular complexity index is 710. The third-order valence-corrected chi connectivity index (χ3v) is 4.77. The summed E-state index contributed by atoms with van der Waals surface area (Å²) in [6, 6.07) is 8.92. The number of nitrogens with one attached hydrogen (secondary N) is 3. The molecule has 0 aliphatic carbocycles. The fourth-order valence-electron chi connectivity index (χ4n) is 3.53. The molecular formula is C17H20N4O2. The van der Waals surface area contributed by atoms with Crippen LogP contribution in [-0.4, -0.2) is 36.1 Å². The Morgan fingerprint density at radius 2 is 2.13 bits per heavy atom. The third-order valence-electron chi connectivity index (χ3n) is 4.77. The van der Waals surface area contributed by atoms with Crippen molar-refractivity contribution in [2.45, 2.75) is 37.4 Å². The molecule has 23 heavy (non-hydrogen) atoms. The van der Waals surface area contributed by atoms with Gasteiger partial charge in [0.25, 0.3) is 5.89 Å². The van der Waals surface area contributed by atoms with Crippen molar-refractivity contribution in [3.63, 3.8) is 0 Å². The average Bonchev–Trinajstić information content (AvgIpc) is 3.31. The fourth-order valence-corrected chi connectivity index (χ4v) is 3.53. The van der Waals surface area contributed by atoms with Gasteiger partial charge in [0.05, 0.1) is 6.20 Å². The van der Waals surface area contributed by atoms with Gasteiger partial charge in [-0.3, -0.25) is 4.79 Å². The summed E-state index contributed by atoms with van der Waals surface area (Å²) in [6.07, 6.45) is 4.94. The van der Waals surface area contributed by atoms with Crippen LogP contribution in [0, 0.1) is 0 Å². The Balaban J connectivity index is 1.45. The molecule has 3 N–H and O–H groups in total. The third kappa shape index (κ3) is 2.70. The van der Waals surface area contributed by atoms with Gasteiger partial charge in [-0.25, -0.2) is 4.98 Å². The molecule has 0 radical (unpaired) electrons. The summed E-state index contributed by atoms with van der Waals surface area (Å²) in [7, 11) is 1.87. The first kappa shape index (κ1) is 14.3. The molecule has 2 aliphatic rings. The van der Waals surface area contributed by atoms with E-state index < -0.39 is 0 Å². The molecule has 2 aromatic rings. The molecule has 4 rings (SSSR count). The lowest BCUT2D eigenvalue weighted by molar-refractivity contribution is 0.0896. The quantitative estimate of drug-likeness (QED) is 0.805. The molecule has 120 valence electrons. The van der Waals surface area contributed by atoms with Crippen LogP contribution in [0.1, 0.15) is 29.9 Å². The average molecular weight is 312 g/mol. The van der Waals surface area contributed by atoms with Crippen molar-refractivity contribution in [2.24, 2.45) is 0 Å². The smallest absolute Gasteiger partial charge is 0.307 e. The minimum absolute atomic E-state index is 0.125. The second-order valence-electron chi connectivity index (χ2n) is 6.22. The van der Waals surface area contributed by atoms with Crippen molar-refractivity contribution in [2.75, 3.05) is 12.4 Å². The molecule has 3 heterocycles. The summed E-state index contributed by atoms with van der Waals surface area (Å²) in [5.41, 5.74) is 1.92. The normalized spacial score (nSPS) is 25.5. The number of fused-ring (bicyclic) bond motifs is 2. The molecule has 1 aromatic carbocycles. The number of anilines is 1. The highest BCUT2D eigenvalue weighted by molar-refractivity contribution is 5.90. The maximum atomic E-state index is 12.3. The zero-order valence-electron chi connectivity index (χ0n) is 13.0. The number of hydrogen-bond acceptors (Lipinski definition) is 5. The Labute approximate surface area is 134 Å². The highest BCUT2D eigenvalue weighted by atomic mass is 16.4. The molecule has 2 bridgehead atoms. The van der Waals surface area contributed by atoms with Crippen LogP contribution >= 0.6 is 0 Å². The SMILES string of the molecule is CNc1ccc(-c2cnc(C(=O)N[C@@H]3C[C@H]4CC[C@@H]3N4)o2)cc1. The summed E-state index contributed by atoms with van der Waals surface area (Å²) in [4.78, 5) is 16.4. The van der Waals surface area contributed by atoms with Crippen LogP contribution < -0.4 is 16.0 Å². The highest BCUT2D eigenvalue weighted by Crippen LogP contribution is 2.28. The highest BCUT2D eigenvalue weighted by Gasteiger charge is 2.40. The van der Waals surface area contributed by atoms with Gasteiger partial charge in [-0.15, -0.1) is 0 Å². The fraction of sp³-hybridized carbons (Fsp3) is 0.412. The molecule has 1 amide bonds. The number of nitrogens with zero attached hydrogens (tertiary/aromatic N) is 1. The maximum Gasteiger partial charge on any atom is 0.307 e. The summed E-state index contributed by atoms with van der Waals surface area (Å²) in [6.45, 7) is 0. The Kier molecular flexibility index (Phi) is 3.53. The standard InChI is InChI=1S/C17H20N4O2/c1-18-11-4-2-10(3-5-11)15-9-19-17(23-15)16(22)21-14-8-12-6-7-13(14)20-12/h2-5,9,12-14,18,20H,6-8H2,1H3,(H,21,22)/t12-,13+,14-/m1/s1. The molecule has 2 fully saturated rings. The van der Waals surface area contributed by atoms with Crippen LogP contribution in [-0.2, 0) is 0 Å². The first-order valence-corrected chi connectivity index (χ1v) is 8.04. The van der Waals surface area contributed by atoms with Crippen molar-refractivity contribution in [1.29, 1.82) is 0 Å². The molecule has 3 atom stereocenters. The van der Waals surface area contributed by atoms with Gasteiger partial charge in [-0.1, -0.05) is 0 Å². The van der Waals surface area contributed by atoms with Gasteiger partial charge in [-0.05, 0) is 43.5 Å². The lowest BCUT2D eigenvalue weighted by Gasteiger charge is -2.20. The van der Waals surface area contributed by atoms with Gasteiger partial charge >= 0.3 is 5.91 Å². The predicted molar refractivity (Wildman–Crippen MR) is 87.3 cm³/mol. The van der Waals surface area contributed by atoms with E-state index in [1.54, 1.807) is 6.20 Å². The van der Waals surface area contributed by atoms with E-state index >= 15 is 0 Å². The summed E-state index contributed by atoms with van der Waals surface area (Å²) in [5.74, 6) is 0.492. The summed E-state index contributed by atoms with van der Waals surface area (Å²) in [5, 5.41) is 9.61. The van der Waals surface area contributed by atoms with E-state index in [4.69, 9.17) is 4.42 Å². The van der Waals surface area contributed by atoms with Crippen LogP contribution in [0.4, 0.5) is 5.69 Å². The van der Waals surface area contributed by atoms with Gasteiger partial charge in [0.1, 0.15) is 0 Å². The van der Waals surface area contributed by atoms with Crippen molar-refractivity contribution >= 4 is 11.6 Å². The van der Waals surface area contributed by atoms with Gasteiger partial charge in [0, 0.05) is 36.4 Å². The first-order valence-electron chi connectivity index (χ1n) is 8.04. The van der Waals surface area contributed by atoms with E-state index in [0.29, 0.717) is 17.8 Å². The number of carbonyl (C=O) groups excluding carboxylic acids is 1. The molecule has 6 nitrogen and oxygen atoms in total. The van der Waals surface area contributed by atoms with Crippen molar-refractivity contribution < 1.29 is 9.21 Å². The lowest BCUT2D eigenvalue weighted by Crippen LogP contribution is -2.43. The second-order valence-corrected chi connectivity index (χ2v) is 6.22. The number of aromatic nitrogens is 1. The minimum atomic E-state index is -0.234. The first-order chi connectivity index (χ1) is 11.2. The maximum absolute atomic E-state index is 12.3. The minimum Gasteiger partial charge on any atom is -0.432 e. The van der Waals surface area contributed by atoms with E-state index in [2.05, 4.69) is 20.9 Å². The van der Waals surface area contributed by atoms with Crippen LogP contribution in [0.25, 0.3) is 11.3 Å². The van der Waals surface area contributed by atoms with Crippen molar-refractivity contribution in [1.82, 2.24) is 15.6 Å². The Hall–Kier alpha value is -2.34. The van der Waals surface area contributed by atoms with Crippen molar-refractivity contribution in [3.05, 3.63) is 36.4 Å². The molecule has 0 saturated carbocycles. The predicted octanol–water partition coefficient (Wildman–Crippen LogP) is 2.01. The van der Waals surface area contributed by atoms with Gasteiger partial charge in [-0.2, -0.15) is 0 Å². The van der Waals surface area contributed by atoms with E-state index in [-0.39, 0.29) is 17.8 Å². The number of benzene rings is 1. The number of hydrogen-bond donors (Lipinski definition) is 3. The molecule has 0 unspecified atom stereocenters. The number of amides is 1. The van der Waals surface area contributed by atoms with Crippen LogP contribution in [0.2, 0.25) is 0 Å². The van der Waals surface area contributed by atoms with E-state index in [1.165, 1.54) is 6.42 Å². The molecule has 1 aromatic heterocycles. The van der Waals surface area contributed by atoms with Crippen LogP contribution in [0.3, 0.4) is 0 Å². The molecular weight excluding hydrogens is 292 g/mol. The zero-order valence-corrected chi connectivity index (χ0v) is 13.0. The number of rotatable bonds is 4. The Morgan fingerprint density at radius 3 is 2.78 bits per heavy atom. The van der Waals surface area contributed by atoms with Gasteiger partial charge in [0.15, 0.2) is 5.76 Å². The topological polar surface area (TPSA) is 79.2 Å². The molecule has 2 saturated heterocycles. The van der Waals surface area contributed by atoms with E-state index in [9.17, 15) is 4.79 Å². The lowest BCUT2D eigenvalue weighted by atomic mass is 9.95. The molecule has 6 heteroatoms. The van der Waals surface area contributed by atoms with Gasteiger partial charge < -0.3 is 20.4 Å². The van der Waals surface area contributed by atoms with Crippen LogP contribution in [0.5, 0.6) is 0 Å². The largest absolute Gasteiger partial charge is 0.432 e. The molecule has 2 aliphatic heterocycles. The van der Waals surface area contributed by atoms with Crippen molar-refractivity contribution in [3.8, 4) is 11.3 Å². The molecule has 0 spiro atoms. The monoisotopic (exact) mass is 312 g/mol. The number of carbonyl (C=O) groups is 1. The van der Waals surface area contributed by atoms with E-state index in [0.717, 1.165) is 24.1 Å². The second kappa shape index (κ2) is 5.70.